The first-order valence-electron chi connectivity index (χ1n) is 19.0. The third kappa shape index (κ3) is 17.9. The van der Waals surface area contributed by atoms with Gasteiger partial charge in [-0.1, -0.05) is 44.2 Å². The van der Waals surface area contributed by atoms with Crippen LogP contribution in [0.15, 0.2) is 42.9 Å². The topological polar surface area (TPSA) is 365 Å². The first kappa shape index (κ1) is 50.2. The molecular formula is C38H53N9O14. The number of amides is 7. The second kappa shape index (κ2) is 24.2. The number of carbonyl (C=O) groups is 10. The number of aromatic amines is 1. The molecule has 0 radical (unpaired) electrons. The highest BCUT2D eigenvalue weighted by molar-refractivity contribution is 5.98. The highest BCUT2D eigenvalue weighted by Gasteiger charge is 2.35. The van der Waals surface area contributed by atoms with E-state index < -0.39 is 120 Å². The summed E-state index contributed by atoms with van der Waals surface area (Å²) in [6.45, 7) is 6.86. The number of H-pyrrole nitrogens is 1. The van der Waals surface area contributed by atoms with Crippen LogP contribution in [0.3, 0.4) is 0 Å². The number of aliphatic carboxylic acids is 3. The van der Waals surface area contributed by atoms with Crippen LogP contribution < -0.4 is 37.2 Å². The summed E-state index contributed by atoms with van der Waals surface area (Å²) in [4.78, 5) is 133. The van der Waals surface area contributed by atoms with Gasteiger partial charge in [0.15, 0.2) is 0 Å². The molecule has 0 aliphatic carbocycles. The zero-order chi connectivity index (χ0) is 46.0. The Bertz CT molecular complexity index is 1870. The number of nitrogens with zero attached hydrogens (tertiary/aromatic N) is 1. The van der Waals surface area contributed by atoms with Gasteiger partial charge in [-0.25, -0.2) is 9.78 Å². The van der Waals surface area contributed by atoms with Gasteiger partial charge in [-0.2, -0.15) is 0 Å². The quantitative estimate of drug-likeness (QED) is 0.0476. The van der Waals surface area contributed by atoms with Crippen molar-refractivity contribution in [3.05, 3.63) is 54.1 Å². The number of nitrogens with one attached hydrogen (secondary N) is 8. The molecule has 23 heteroatoms. The van der Waals surface area contributed by atoms with Gasteiger partial charge in [-0.05, 0) is 31.7 Å². The molecule has 23 nitrogen and oxygen atoms in total. The molecule has 1 heterocycles. The minimum absolute atomic E-state index is 0.0326. The van der Waals surface area contributed by atoms with E-state index in [-0.39, 0.29) is 25.2 Å². The summed E-state index contributed by atoms with van der Waals surface area (Å²) < 4.78 is 0. The van der Waals surface area contributed by atoms with Crippen LogP contribution in [0.5, 0.6) is 0 Å². The van der Waals surface area contributed by atoms with Crippen LogP contribution in [0.1, 0.15) is 65.1 Å². The number of aliphatic hydroxyl groups excluding tert-OH is 1. The molecule has 0 saturated heterocycles. The molecule has 61 heavy (non-hydrogen) atoms. The summed E-state index contributed by atoms with van der Waals surface area (Å²) in [5, 5.41) is 55.0. The summed E-state index contributed by atoms with van der Waals surface area (Å²) in [7, 11) is 0. The normalized spacial score (nSPS) is 14.9. The predicted molar refractivity (Wildman–Crippen MR) is 211 cm³/mol. The van der Waals surface area contributed by atoms with Gasteiger partial charge >= 0.3 is 17.9 Å². The van der Waals surface area contributed by atoms with Crippen LogP contribution in [-0.4, -0.2) is 138 Å². The number of aliphatic hydroxyl groups is 1. The lowest BCUT2D eigenvalue weighted by Crippen LogP contribution is -2.61. The fourth-order valence-electron chi connectivity index (χ4n) is 5.73. The number of hydrogen-bond acceptors (Lipinski definition) is 12. The molecule has 0 spiro atoms. The third-order valence-corrected chi connectivity index (χ3v) is 8.75. The summed E-state index contributed by atoms with van der Waals surface area (Å²) in [6.07, 6.45) is -1.30. The molecule has 0 aliphatic rings. The van der Waals surface area contributed by atoms with Gasteiger partial charge in [0, 0.05) is 31.7 Å². The van der Waals surface area contributed by atoms with Gasteiger partial charge in [0.25, 0.3) is 0 Å². The minimum atomic E-state index is -1.87. The molecule has 0 saturated carbocycles. The molecule has 1 aromatic carbocycles. The van der Waals surface area contributed by atoms with Crippen LogP contribution in [0.2, 0.25) is 0 Å². The maximum Gasteiger partial charge on any atom is 0.326 e. The van der Waals surface area contributed by atoms with E-state index >= 15 is 0 Å². The van der Waals surface area contributed by atoms with E-state index in [4.69, 9.17) is 0 Å². The Hall–Kier alpha value is -6.91. The maximum atomic E-state index is 13.6. The molecule has 1 aromatic heterocycles. The van der Waals surface area contributed by atoms with Crippen molar-refractivity contribution in [2.45, 2.75) is 115 Å². The predicted octanol–water partition coefficient (Wildman–Crippen LogP) is -2.91. The monoisotopic (exact) mass is 859 g/mol. The zero-order valence-electron chi connectivity index (χ0n) is 34.1. The standard InChI is InChI=1S/C38H53N9O14/c1-18(2)11-24(45-37(59)31(20(4)48)47-36(58)25(42-21(5)49)12-22-9-7-6-8-10-22)34(56)44-26(14-29(50)51)33(55)41-19(3)32(54)43-27(15-30(52)53)35(57)46-28(38(60)61)13-23-16-39-17-40-23/h6-10,16-20,24-28,31,48H,11-15H2,1-5H3,(H,39,40)(H,41,55)(H,42,49)(H,43,54)(H,44,56)(H,45,59)(H,46,57)(H,47,58)(H,50,51)(H,52,53)(H,60,61)/t19-,20-,24-,25-,26-,27-,28-,31-/m0/s1. The van der Waals surface area contributed by atoms with E-state index in [0.717, 1.165) is 6.92 Å². The fraction of sp³-hybridized carbons (Fsp3) is 0.500. The Kier molecular flexibility index (Phi) is 20.0. The van der Waals surface area contributed by atoms with Gasteiger partial charge in [-0.15, -0.1) is 0 Å². The SMILES string of the molecule is CC(=O)N[C@@H](Cc1ccccc1)C(=O)N[C@H](C(=O)N[C@@H](CC(C)C)C(=O)N[C@@H](CC(=O)O)C(=O)N[C@@H](C)C(=O)N[C@@H](CC(=O)O)C(=O)N[C@@H](Cc1cnc[nH]1)C(=O)O)[C@H](C)O. The van der Waals surface area contributed by atoms with Crippen LogP contribution in [0.25, 0.3) is 0 Å². The van der Waals surface area contributed by atoms with Crippen molar-refractivity contribution in [3.8, 4) is 0 Å². The van der Waals surface area contributed by atoms with Crippen LogP contribution in [-0.2, 0) is 60.8 Å². The second-order valence-corrected chi connectivity index (χ2v) is 14.6. The lowest BCUT2D eigenvalue weighted by molar-refractivity contribution is -0.143. The Labute approximate surface area is 349 Å². The number of benzene rings is 1. The molecular weight excluding hydrogens is 806 g/mol. The van der Waals surface area contributed by atoms with E-state index in [1.165, 1.54) is 26.4 Å². The Morgan fingerprint density at radius 1 is 0.607 bits per heavy atom. The second-order valence-electron chi connectivity index (χ2n) is 14.6. The van der Waals surface area contributed by atoms with Crippen LogP contribution in [0, 0.1) is 5.92 Å². The Morgan fingerprint density at radius 2 is 1.11 bits per heavy atom. The van der Waals surface area contributed by atoms with E-state index in [9.17, 15) is 68.4 Å². The van der Waals surface area contributed by atoms with E-state index in [1.807, 2.05) is 0 Å². The summed E-state index contributed by atoms with van der Waals surface area (Å²) in [5.41, 5.74) is 1.00. The third-order valence-electron chi connectivity index (χ3n) is 8.75. The smallest absolute Gasteiger partial charge is 0.326 e. The molecule has 334 valence electrons. The number of imidazole rings is 1. The molecule has 2 aromatic rings. The molecule has 2 rings (SSSR count). The molecule has 0 unspecified atom stereocenters. The first-order valence-corrected chi connectivity index (χ1v) is 19.0. The molecule has 0 fully saturated rings. The van der Waals surface area contributed by atoms with Gasteiger partial charge in [-0.3, -0.25) is 43.2 Å². The number of carboxylic acids is 3. The number of hydrogen-bond donors (Lipinski definition) is 12. The van der Waals surface area contributed by atoms with E-state index in [2.05, 4.69) is 47.2 Å². The van der Waals surface area contributed by atoms with Crippen molar-refractivity contribution >= 4 is 59.3 Å². The molecule has 12 N–H and O–H groups in total. The molecule has 8 atom stereocenters. The Morgan fingerprint density at radius 3 is 1.61 bits per heavy atom. The fourth-order valence-corrected chi connectivity index (χ4v) is 5.73. The zero-order valence-corrected chi connectivity index (χ0v) is 34.1. The number of rotatable bonds is 25. The summed E-state index contributed by atoms with van der Waals surface area (Å²) in [5.74, 6) is -11.9. The summed E-state index contributed by atoms with van der Waals surface area (Å²) >= 11 is 0. The number of aromatic nitrogens is 2. The van der Waals surface area contributed by atoms with Crippen LogP contribution >= 0.6 is 0 Å². The molecule has 0 aliphatic heterocycles. The van der Waals surface area contributed by atoms with E-state index in [0.29, 0.717) is 11.3 Å². The van der Waals surface area contributed by atoms with Gasteiger partial charge in [0.2, 0.25) is 41.4 Å². The number of carbonyl (C=O) groups excluding carboxylic acids is 7. The van der Waals surface area contributed by atoms with Gasteiger partial charge in [0.05, 0.1) is 25.3 Å². The van der Waals surface area contributed by atoms with Crippen LogP contribution in [0.4, 0.5) is 0 Å². The van der Waals surface area contributed by atoms with Crippen molar-refractivity contribution in [1.82, 2.24) is 47.2 Å². The minimum Gasteiger partial charge on any atom is -0.481 e. The largest absolute Gasteiger partial charge is 0.481 e. The lowest BCUT2D eigenvalue weighted by atomic mass is 10.0. The average Bonchev–Trinajstić information content (AvgIpc) is 3.68. The Balaban J connectivity index is 2.21. The van der Waals surface area contributed by atoms with Gasteiger partial charge in [0.1, 0.15) is 42.3 Å². The van der Waals surface area contributed by atoms with Crippen molar-refractivity contribution in [3.63, 3.8) is 0 Å². The first-order chi connectivity index (χ1) is 28.6. The van der Waals surface area contributed by atoms with Crippen molar-refractivity contribution in [2.24, 2.45) is 5.92 Å². The van der Waals surface area contributed by atoms with Crippen molar-refractivity contribution in [2.75, 3.05) is 0 Å². The van der Waals surface area contributed by atoms with E-state index in [1.54, 1.807) is 44.2 Å². The maximum absolute atomic E-state index is 13.6. The molecule has 7 amide bonds. The highest BCUT2D eigenvalue weighted by atomic mass is 16.4. The van der Waals surface area contributed by atoms with Gasteiger partial charge < -0.3 is 62.6 Å². The number of carboxylic acid groups (broad SMARTS) is 3. The van der Waals surface area contributed by atoms with Crippen molar-refractivity contribution in [1.29, 1.82) is 0 Å². The van der Waals surface area contributed by atoms with Crippen molar-refractivity contribution < 1.29 is 68.4 Å². The average molecular weight is 860 g/mol. The highest BCUT2D eigenvalue weighted by Crippen LogP contribution is 2.10. The summed E-state index contributed by atoms with van der Waals surface area (Å²) in [6, 6.07) is -2.50. The lowest BCUT2D eigenvalue weighted by Gasteiger charge is -2.28. The molecule has 0 bridgehead atoms.